The molecule has 4 heterocycles. The zero-order chi connectivity index (χ0) is 24.7. The van der Waals surface area contributed by atoms with Crippen LogP contribution >= 0.6 is 0 Å². The average Bonchev–Trinajstić information content (AvgIpc) is 3.48. The number of aromatic nitrogens is 7. The molecule has 0 unspecified atom stereocenters. The Morgan fingerprint density at radius 1 is 1.06 bits per heavy atom. The van der Waals surface area contributed by atoms with E-state index in [-0.39, 0.29) is 17.1 Å². The molecule has 35 heavy (non-hydrogen) atoms. The summed E-state index contributed by atoms with van der Waals surface area (Å²) in [5.41, 5.74) is 8.73. The van der Waals surface area contributed by atoms with Gasteiger partial charge in [-0.05, 0) is 17.7 Å². The lowest BCUT2D eigenvalue weighted by molar-refractivity contribution is 0.140. The maximum Gasteiger partial charge on any atom is 0.297 e. The first kappa shape index (κ1) is 22.0. The predicted molar refractivity (Wildman–Crippen MR) is 119 cm³/mol. The first-order valence-electron chi connectivity index (χ1n) is 10.4. The van der Waals surface area contributed by atoms with E-state index < -0.39 is 24.0 Å². The molecule has 5 aromatic rings. The fourth-order valence-electron chi connectivity index (χ4n) is 4.00. The van der Waals surface area contributed by atoms with Crippen molar-refractivity contribution in [3.05, 3.63) is 83.8 Å². The van der Waals surface area contributed by atoms with Crippen molar-refractivity contribution in [2.75, 3.05) is 5.73 Å². The molecule has 0 aliphatic heterocycles. The Bertz CT molecular complexity index is 1580. The van der Waals surface area contributed by atoms with E-state index >= 15 is 0 Å². The van der Waals surface area contributed by atoms with Gasteiger partial charge >= 0.3 is 0 Å². The van der Waals surface area contributed by atoms with Crippen molar-refractivity contribution in [3.63, 3.8) is 0 Å². The number of alkyl halides is 2. The lowest BCUT2D eigenvalue weighted by atomic mass is 9.95. The van der Waals surface area contributed by atoms with Crippen molar-refractivity contribution in [2.45, 2.75) is 19.3 Å². The second-order valence-corrected chi connectivity index (χ2v) is 7.67. The molecule has 2 N–H and O–H groups in total. The number of hydrogen-bond donors (Lipinski definition) is 1. The molecular weight excluding hydrogens is 459 g/mol. The number of nitrogens with two attached hydrogens (primary N) is 1. The van der Waals surface area contributed by atoms with Crippen molar-refractivity contribution in [3.8, 4) is 22.9 Å². The topological polar surface area (TPSA) is 124 Å². The van der Waals surface area contributed by atoms with Gasteiger partial charge in [-0.3, -0.25) is 0 Å². The quantitative estimate of drug-likeness (QED) is 0.407. The van der Waals surface area contributed by atoms with Crippen LogP contribution in [0.4, 0.5) is 19.0 Å². The first-order chi connectivity index (χ1) is 16.9. The highest BCUT2D eigenvalue weighted by atomic mass is 19.3. The van der Waals surface area contributed by atoms with Crippen LogP contribution in [0.1, 0.15) is 41.9 Å². The smallest absolute Gasteiger partial charge is 0.297 e. The van der Waals surface area contributed by atoms with Gasteiger partial charge in [0, 0.05) is 35.6 Å². The van der Waals surface area contributed by atoms with Gasteiger partial charge in [-0.2, -0.15) is 15.5 Å². The number of nitrogen functional groups attached to an aromatic ring is 1. The Morgan fingerprint density at radius 3 is 2.49 bits per heavy atom. The highest BCUT2D eigenvalue weighted by molar-refractivity contribution is 5.92. The van der Waals surface area contributed by atoms with E-state index in [0.29, 0.717) is 27.9 Å². The molecule has 0 amide bonds. The molecule has 0 aliphatic carbocycles. The normalized spacial score (nSPS) is 12.2. The van der Waals surface area contributed by atoms with Crippen LogP contribution in [0.25, 0.3) is 22.3 Å². The van der Waals surface area contributed by atoms with Gasteiger partial charge in [0.2, 0.25) is 0 Å². The minimum atomic E-state index is -2.83. The highest BCUT2D eigenvalue weighted by Crippen LogP contribution is 2.39. The van der Waals surface area contributed by atoms with Crippen molar-refractivity contribution < 1.29 is 13.2 Å². The Kier molecular flexibility index (Phi) is 5.37. The summed E-state index contributed by atoms with van der Waals surface area (Å²) in [6.07, 6.45) is 4.07. The lowest BCUT2D eigenvalue weighted by Crippen LogP contribution is -2.06. The largest absolute Gasteiger partial charge is 0.382 e. The zero-order valence-electron chi connectivity index (χ0n) is 18.1. The Balaban J connectivity index is 1.69. The molecule has 1 atom stereocenters. The summed E-state index contributed by atoms with van der Waals surface area (Å²) >= 11 is 0. The van der Waals surface area contributed by atoms with E-state index in [1.807, 2.05) is 6.92 Å². The number of para-hydroxylation sites is 1. The summed E-state index contributed by atoms with van der Waals surface area (Å²) in [5, 5.41) is 18.7. The molecule has 0 radical (unpaired) electrons. The van der Waals surface area contributed by atoms with Crippen molar-refractivity contribution in [1.82, 2.24) is 34.3 Å². The van der Waals surface area contributed by atoms with Gasteiger partial charge in [0.05, 0.1) is 17.5 Å². The monoisotopic (exact) mass is 475 g/mol. The minimum absolute atomic E-state index is 0.0879. The first-order valence-corrected chi connectivity index (χ1v) is 10.4. The number of halogens is 3. The molecule has 0 bridgehead atoms. The third-order valence-corrected chi connectivity index (χ3v) is 5.67. The molecule has 1 aromatic carbocycles. The second-order valence-electron chi connectivity index (χ2n) is 7.67. The van der Waals surface area contributed by atoms with E-state index in [1.165, 1.54) is 34.0 Å². The van der Waals surface area contributed by atoms with E-state index in [9.17, 15) is 18.4 Å². The van der Waals surface area contributed by atoms with Crippen LogP contribution in [-0.4, -0.2) is 34.3 Å². The average molecular weight is 475 g/mol. The van der Waals surface area contributed by atoms with E-state index in [1.54, 1.807) is 30.6 Å². The number of benzene rings is 1. The van der Waals surface area contributed by atoms with Crippen LogP contribution in [0, 0.1) is 17.1 Å². The maximum atomic E-state index is 14.3. The van der Waals surface area contributed by atoms with E-state index in [0.717, 1.165) is 0 Å². The molecule has 0 fully saturated rings. The van der Waals surface area contributed by atoms with Gasteiger partial charge in [0.25, 0.3) is 6.43 Å². The van der Waals surface area contributed by atoms with Crippen molar-refractivity contribution in [1.29, 1.82) is 5.26 Å². The van der Waals surface area contributed by atoms with Gasteiger partial charge < -0.3 is 5.73 Å². The molecule has 0 saturated carbocycles. The lowest BCUT2D eigenvalue weighted by Gasteiger charge is -2.10. The summed E-state index contributed by atoms with van der Waals surface area (Å²) in [5.74, 6) is -1.42. The summed E-state index contributed by atoms with van der Waals surface area (Å²) < 4.78 is 43.1. The predicted octanol–water partition coefficient (Wildman–Crippen LogP) is 4.05. The van der Waals surface area contributed by atoms with E-state index in [4.69, 9.17) is 5.73 Å². The fourth-order valence-corrected chi connectivity index (χ4v) is 4.00. The Hall–Kier alpha value is -4.79. The third-order valence-electron chi connectivity index (χ3n) is 5.67. The molecular formula is C23H16F3N9. The second kappa shape index (κ2) is 8.53. The van der Waals surface area contributed by atoms with Crippen LogP contribution in [0.5, 0.6) is 0 Å². The number of nitrogens with zero attached hydrogens (tertiary/aromatic N) is 8. The van der Waals surface area contributed by atoms with Crippen LogP contribution in [0.3, 0.4) is 0 Å². The molecule has 0 aliphatic rings. The fraction of sp³-hybridized carbons (Fsp3) is 0.130. The summed E-state index contributed by atoms with van der Waals surface area (Å²) in [6.45, 7) is 1.84. The SMILES string of the molecule is C[C@@H](c1cnn(-c2ccccc2F)c1)c1c(C#N)c(-c2cnc(C(F)F)nc2)c2c(N)ncnn12. The van der Waals surface area contributed by atoms with Crippen molar-refractivity contribution in [2.24, 2.45) is 0 Å². The minimum Gasteiger partial charge on any atom is -0.382 e. The molecule has 4 aromatic heterocycles. The number of rotatable bonds is 5. The Labute approximate surface area is 196 Å². The zero-order valence-corrected chi connectivity index (χ0v) is 18.1. The standard InChI is InChI=1S/C23H16F3N9/c1-12(14-9-32-34(10-14)17-5-3-2-4-16(17)24)19-15(6-27)18(20-22(28)31-11-33-35(19)20)13-7-29-23(21(25)26)30-8-13/h2-5,7-12,21H,1H3,(H2,28,31,33)/t12-/m0/s1. The van der Waals surface area contributed by atoms with Crippen molar-refractivity contribution >= 4 is 11.3 Å². The summed E-state index contributed by atoms with van der Waals surface area (Å²) in [6, 6.07) is 8.40. The molecule has 0 saturated heterocycles. The highest BCUT2D eigenvalue weighted by Gasteiger charge is 2.28. The van der Waals surface area contributed by atoms with Gasteiger partial charge in [-0.25, -0.2) is 37.3 Å². The molecule has 5 rings (SSSR count). The number of hydrogen-bond acceptors (Lipinski definition) is 7. The van der Waals surface area contributed by atoms with Crippen LogP contribution in [-0.2, 0) is 0 Å². The number of nitriles is 1. The van der Waals surface area contributed by atoms with Gasteiger partial charge in [0.15, 0.2) is 11.6 Å². The molecule has 9 nitrogen and oxygen atoms in total. The van der Waals surface area contributed by atoms with Crippen LogP contribution < -0.4 is 5.73 Å². The van der Waals surface area contributed by atoms with Crippen LogP contribution in [0.15, 0.2) is 55.4 Å². The maximum absolute atomic E-state index is 14.3. The number of fused-ring (bicyclic) bond motifs is 1. The van der Waals surface area contributed by atoms with Crippen LogP contribution in [0.2, 0.25) is 0 Å². The molecule has 12 heteroatoms. The number of anilines is 1. The third kappa shape index (κ3) is 3.63. The van der Waals surface area contributed by atoms with E-state index in [2.05, 4.69) is 31.2 Å². The Morgan fingerprint density at radius 2 is 1.80 bits per heavy atom. The molecule has 0 spiro atoms. The van der Waals surface area contributed by atoms with Gasteiger partial charge in [0.1, 0.15) is 29.4 Å². The summed E-state index contributed by atoms with van der Waals surface area (Å²) in [4.78, 5) is 11.5. The van der Waals surface area contributed by atoms with Gasteiger partial charge in [-0.1, -0.05) is 19.1 Å². The summed E-state index contributed by atoms with van der Waals surface area (Å²) in [7, 11) is 0. The molecule has 174 valence electrons. The van der Waals surface area contributed by atoms with Gasteiger partial charge in [-0.15, -0.1) is 0 Å².